The number of halogens is 1. The van der Waals surface area contributed by atoms with Crippen molar-refractivity contribution in [2.45, 2.75) is 58.5 Å². The van der Waals surface area contributed by atoms with E-state index in [1.165, 1.54) is 38.5 Å². The summed E-state index contributed by atoms with van der Waals surface area (Å²) >= 11 is 3.45. The number of hydrogen-bond acceptors (Lipinski definition) is 1. The van der Waals surface area contributed by atoms with Gasteiger partial charge in [-0.1, -0.05) is 36.2 Å². The summed E-state index contributed by atoms with van der Waals surface area (Å²) in [6, 6.07) is 0. The van der Waals surface area contributed by atoms with Crippen LogP contribution in [0.25, 0.3) is 0 Å². The fraction of sp³-hybridized carbons (Fsp3) is 1.00. The largest absolute Gasteiger partial charge is 0.378 e. The molecule has 0 spiro atoms. The number of unbranched alkanes of at least 4 members (excludes halogenated alkanes) is 2. The predicted octanol–water partition coefficient (Wildman–Crippen LogP) is 4.39. The normalized spacial score (nSPS) is 31.8. The average Bonchev–Trinajstić information content (AvgIpc) is 2.16. The molecule has 2 heteroatoms. The highest BCUT2D eigenvalue weighted by Crippen LogP contribution is 2.30. The minimum absolute atomic E-state index is 0.549. The quantitative estimate of drug-likeness (QED) is 0.516. The molecule has 0 heterocycles. The van der Waals surface area contributed by atoms with E-state index in [0.29, 0.717) is 6.10 Å². The number of ether oxygens (including phenoxy) is 1. The summed E-state index contributed by atoms with van der Waals surface area (Å²) in [5, 5.41) is 1.13. The minimum atomic E-state index is 0.549. The highest BCUT2D eigenvalue weighted by Gasteiger charge is 2.23. The van der Waals surface area contributed by atoms with Crippen LogP contribution in [0.1, 0.15) is 52.4 Å². The zero-order chi connectivity index (χ0) is 11.1. The third kappa shape index (κ3) is 5.91. The van der Waals surface area contributed by atoms with Crippen LogP contribution >= 0.6 is 15.9 Å². The highest BCUT2D eigenvalue weighted by atomic mass is 79.9. The Bertz CT molecular complexity index is 151. The maximum absolute atomic E-state index is 5.96. The second-order valence-corrected chi connectivity index (χ2v) is 5.95. The molecule has 1 fully saturated rings. The molecule has 2 atom stereocenters. The van der Waals surface area contributed by atoms with Crippen LogP contribution in [0.4, 0.5) is 0 Å². The molecule has 1 saturated carbocycles. The van der Waals surface area contributed by atoms with E-state index in [2.05, 4.69) is 29.8 Å². The van der Waals surface area contributed by atoms with E-state index >= 15 is 0 Å². The second-order valence-electron chi connectivity index (χ2n) is 5.16. The van der Waals surface area contributed by atoms with Crippen molar-refractivity contribution in [3.8, 4) is 0 Å². The molecule has 0 aromatic carbocycles. The van der Waals surface area contributed by atoms with Crippen LogP contribution in [0, 0.1) is 11.8 Å². The number of rotatable bonds is 6. The first-order chi connectivity index (χ1) is 7.22. The van der Waals surface area contributed by atoms with Crippen LogP contribution in [0.15, 0.2) is 0 Å². The zero-order valence-electron chi connectivity index (χ0n) is 10.2. The van der Waals surface area contributed by atoms with Crippen molar-refractivity contribution in [2.24, 2.45) is 11.8 Å². The summed E-state index contributed by atoms with van der Waals surface area (Å²) in [6.45, 7) is 5.69. The van der Waals surface area contributed by atoms with Gasteiger partial charge in [0.1, 0.15) is 0 Å². The lowest BCUT2D eigenvalue weighted by molar-refractivity contribution is -0.000479. The van der Waals surface area contributed by atoms with Gasteiger partial charge in [0, 0.05) is 11.9 Å². The van der Waals surface area contributed by atoms with Gasteiger partial charge in [-0.25, -0.2) is 0 Å². The van der Waals surface area contributed by atoms with Crippen LogP contribution in [-0.4, -0.2) is 18.0 Å². The molecule has 0 radical (unpaired) electrons. The molecule has 0 aromatic rings. The van der Waals surface area contributed by atoms with Gasteiger partial charge in [-0.2, -0.15) is 0 Å². The Morgan fingerprint density at radius 2 is 1.67 bits per heavy atom. The van der Waals surface area contributed by atoms with Crippen molar-refractivity contribution >= 4 is 15.9 Å². The van der Waals surface area contributed by atoms with E-state index in [1.807, 2.05) is 0 Å². The molecule has 2 unspecified atom stereocenters. The van der Waals surface area contributed by atoms with Crippen molar-refractivity contribution < 1.29 is 4.74 Å². The summed E-state index contributed by atoms with van der Waals surface area (Å²) in [5.41, 5.74) is 0. The topological polar surface area (TPSA) is 9.23 Å². The molecule has 1 aliphatic carbocycles. The Hall–Kier alpha value is 0.440. The van der Waals surface area contributed by atoms with E-state index in [0.717, 1.165) is 23.8 Å². The van der Waals surface area contributed by atoms with Crippen molar-refractivity contribution in [3.63, 3.8) is 0 Å². The van der Waals surface area contributed by atoms with Crippen molar-refractivity contribution in [3.05, 3.63) is 0 Å². The SMILES string of the molecule is CC1CC(C)CC(OCCCCCBr)C1. The van der Waals surface area contributed by atoms with Crippen LogP contribution in [-0.2, 0) is 4.74 Å². The van der Waals surface area contributed by atoms with E-state index in [1.54, 1.807) is 0 Å². The Balaban J connectivity index is 2.04. The summed E-state index contributed by atoms with van der Waals surface area (Å²) in [5.74, 6) is 1.72. The van der Waals surface area contributed by atoms with Crippen molar-refractivity contribution in [2.75, 3.05) is 11.9 Å². The Morgan fingerprint density at radius 1 is 1.00 bits per heavy atom. The fourth-order valence-electron chi connectivity index (χ4n) is 2.63. The van der Waals surface area contributed by atoms with Crippen LogP contribution in [0.5, 0.6) is 0 Å². The fourth-order valence-corrected chi connectivity index (χ4v) is 3.03. The third-order valence-electron chi connectivity index (χ3n) is 3.27. The molecule has 0 bridgehead atoms. The monoisotopic (exact) mass is 276 g/mol. The standard InChI is InChI=1S/C13H25BrO/c1-11-8-12(2)10-13(9-11)15-7-5-3-4-6-14/h11-13H,3-10H2,1-2H3. The highest BCUT2D eigenvalue weighted by molar-refractivity contribution is 9.09. The van der Waals surface area contributed by atoms with Crippen LogP contribution in [0.3, 0.4) is 0 Å². The molecule has 0 aromatic heterocycles. The molecule has 1 rings (SSSR count). The number of alkyl halides is 1. The molecule has 1 nitrogen and oxygen atoms in total. The summed E-state index contributed by atoms with van der Waals surface area (Å²) in [6.07, 6.45) is 8.30. The van der Waals surface area contributed by atoms with Gasteiger partial charge in [0.25, 0.3) is 0 Å². The Labute approximate surface area is 103 Å². The predicted molar refractivity (Wildman–Crippen MR) is 69.6 cm³/mol. The maximum atomic E-state index is 5.96. The summed E-state index contributed by atoms with van der Waals surface area (Å²) in [7, 11) is 0. The molecule has 0 saturated heterocycles. The average molecular weight is 277 g/mol. The van der Waals surface area contributed by atoms with Gasteiger partial charge >= 0.3 is 0 Å². The van der Waals surface area contributed by atoms with Crippen LogP contribution < -0.4 is 0 Å². The van der Waals surface area contributed by atoms with Gasteiger partial charge in [0.05, 0.1) is 6.10 Å². The smallest absolute Gasteiger partial charge is 0.0580 e. The van der Waals surface area contributed by atoms with E-state index in [-0.39, 0.29) is 0 Å². The minimum Gasteiger partial charge on any atom is -0.378 e. The molecule has 0 aliphatic heterocycles. The first-order valence-electron chi connectivity index (χ1n) is 6.40. The molecule has 1 aliphatic rings. The van der Waals surface area contributed by atoms with Crippen LogP contribution in [0.2, 0.25) is 0 Å². The maximum Gasteiger partial charge on any atom is 0.0580 e. The first-order valence-corrected chi connectivity index (χ1v) is 7.52. The van der Waals surface area contributed by atoms with Gasteiger partial charge in [0.2, 0.25) is 0 Å². The summed E-state index contributed by atoms with van der Waals surface area (Å²) < 4.78 is 5.96. The lowest BCUT2D eigenvalue weighted by Crippen LogP contribution is -2.26. The van der Waals surface area contributed by atoms with Gasteiger partial charge < -0.3 is 4.74 Å². The molecular weight excluding hydrogens is 252 g/mol. The molecular formula is C13H25BrO. The second kappa shape index (κ2) is 7.67. The van der Waals surface area contributed by atoms with Gasteiger partial charge in [-0.3, -0.25) is 0 Å². The molecule has 15 heavy (non-hydrogen) atoms. The van der Waals surface area contributed by atoms with E-state index < -0.39 is 0 Å². The van der Waals surface area contributed by atoms with Gasteiger partial charge in [-0.15, -0.1) is 0 Å². The van der Waals surface area contributed by atoms with E-state index in [9.17, 15) is 0 Å². The van der Waals surface area contributed by atoms with Gasteiger partial charge in [0.15, 0.2) is 0 Å². The zero-order valence-corrected chi connectivity index (χ0v) is 11.8. The molecule has 0 N–H and O–H groups in total. The molecule has 0 amide bonds. The lowest BCUT2D eigenvalue weighted by atomic mass is 9.82. The number of hydrogen-bond donors (Lipinski definition) is 0. The van der Waals surface area contributed by atoms with Gasteiger partial charge in [-0.05, 0) is 43.9 Å². The summed E-state index contributed by atoms with van der Waals surface area (Å²) in [4.78, 5) is 0. The Morgan fingerprint density at radius 3 is 2.27 bits per heavy atom. The lowest BCUT2D eigenvalue weighted by Gasteiger charge is -2.31. The van der Waals surface area contributed by atoms with Crippen molar-refractivity contribution in [1.82, 2.24) is 0 Å². The third-order valence-corrected chi connectivity index (χ3v) is 3.83. The first kappa shape index (κ1) is 13.5. The van der Waals surface area contributed by atoms with Crippen molar-refractivity contribution in [1.29, 1.82) is 0 Å². The Kier molecular flexibility index (Phi) is 6.91. The molecule has 90 valence electrons. The van der Waals surface area contributed by atoms with E-state index in [4.69, 9.17) is 4.74 Å².